The summed E-state index contributed by atoms with van der Waals surface area (Å²) in [6.45, 7) is 7.58. The maximum absolute atomic E-state index is 11.9. The second kappa shape index (κ2) is 7.42. The second-order valence-electron chi connectivity index (χ2n) is 7.02. The molecule has 0 aromatic heterocycles. The molecule has 21 heavy (non-hydrogen) atoms. The molecule has 1 aliphatic rings. The molecule has 0 radical (unpaired) electrons. The lowest BCUT2D eigenvalue weighted by Crippen LogP contribution is -2.60. The van der Waals surface area contributed by atoms with Crippen molar-refractivity contribution in [2.75, 3.05) is 26.9 Å². The maximum Gasteiger partial charge on any atom is 0.150 e. The van der Waals surface area contributed by atoms with Gasteiger partial charge in [-0.05, 0) is 59.2 Å². The largest absolute Gasteiger partial charge is 0.312 e. The monoisotopic (exact) mass is 318 g/mol. The molecule has 0 aromatic carbocycles. The number of likely N-dealkylation sites (N-methyl/N-ethyl adjacent to an activating group) is 2. The molecule has 0 aliphatic heterocycles. The van der Waals surface area contributed by atoms with Crippen molar-refractivity contribution in [2.45, 2.75) is 69.7 Å². The van der Waals surface area contributed by atoms with Gasteiger partial charge in [0, 0.05) is 17.8 Å². The van der Waals surface area contributed by atoms with Gasteiger partial charge in [-0.2, -0.15) is 0 Å². The van der Waals surface area contributed by atoms with Crippen molar-refractivity contribution in [1.82, 2.24) is 10.2 Å². The van der Waals surface area contributed by atoms with Crippen LogP contribution in [0, 0.1) is 5.92 Å². The molecule has 0 bridgehead atoms. The fourth-order valence-corrected chi connectivity index (χ4v) is 4.99. The van der Waals surface area contributed by atoms with Crippen LogP contribution in [0.25, 0.3) is 0 Å². The highest BCUT2D eigenvalue weighted by Crippen LogP contribution is 2.36. The molecule has 1 saturated carbocycles. The minimum atomic E-state index is -2.92. The molecule has 126 valence electrons. The first kappa shape index (κ1) is 18.9. The zero-order valence-electron chi connectivity index (χ0n) is 14.6. The number of rotatable bonds is 7. The van der Waals surface area contributed by atoms with Gasteiger partial charge in [-0.3, -0.25) is 0 Å². The van der Waals surface area contributed by atoms with E-state index in [1.807, 2.05) is 0 Å². The zero-order chi connectivity index (χ0) is 16.3. The molecule has 0 spiro atoms. The van der Waals surface area contributed by atoms with Crippen molar-refractivity contribution in [2.24, 2.45) is 5.92 Å². The highest BCUT2D eigenvalue weighted by atomic mass is 32.2. The summed E-state index contributed by atoms with van der Waals surface area (Å²) in [5.41, 5.74) is 0.0556. The van der Waals surface area contributed by atoms with Crippen LogP contribution in [0.3, 0.4) is 0 Å². The van der Waals surface area contributed by atoms with E-state index in [1.165, 1.54) is 6.26 Å². The minimum absolute atomic E-state index is 0.0556. The van der Waals surface area contributed by atoms with Crippen LogP contribution >= 0.6 is 0 Å². The Morgan fingerprint density at radius 3 is 2.33 bits per heavy atom. The summed E-state index contributed by atoms with van der Waals surface area (Å²) in [6.07, 6.45) is 6.24. The Balaban J connectivity index is 2.99. The molecule has 0 aromatic rings. The number of nitrogens with one attached hydrogen (secondary N) is 1. The Hall–Kier alpha value is -0.130. The third kappa shape index (κ3) is 4.42. The molecule has 4 unspecified atom stereocenters. The van der Waals surface area contributed by atoms with E-state index in [1.54, 1.807) is 0 Å². The second-order valence-corrected chi connectivity index (χ2v) is 9.34. The molecule has 1 fully saturated rings. The molecular weight excluding hydrogens is 284 g/mol. The number of hydrogen-bond donors (Lipinski definition) is 1. The molecule has 1 rings (SSSR count). The van der Waals surface area contributed by atoms with Crippen LogP contribution in [0.5, 0.6) is 0 Å². The number of sulfone groups is 1. The Morgan fingerprint density at radius 2 is 1.90 bits per heavy atom. The average molecular weight is 319 g/mol. The van der Waals surface area contributed by atoms with Gasteiger partial charge < -0.3 is 10.2 Å². The topological polar surface area (TPSA) is 49.4 Å². The van der Waals surface area contributed by atoms with E-state index < -0.39 is 9.84 Å². The number of nitrogens with zero attached hydrogens (tertiary/aromatic N) is 1. The van der Waals surface area contributed by atoms with Crippen molar-refractivity contribution in [1.29, 1.82) is 0 Å². The van der Waals surface area contributed by atoms with Gasteiger partial charge in [-0.25, -0.2) is 8.42 Å². The van der Waals surface area contributed by atoms with Gasteiger partial charge in [-0.15, -0.1) is 0 Å². The molecule has 1 aliphatic carbocycles. The van der Waals surface area contributed by atoms with Crippen LogP contribution in [0.4, 0.5) is 0 Å². The van der Waals surface area contributed by atoms with Crippen LogP contribution in [-0.4, -0.2) is 57.0 Å². The quantitative estimate of drug-likeness (QED) is 0.782. The zero-order valence-corrected chi connectivity index (χ0v) is 15.5. The fraction of sp³-hybridized carbons (Fsp3) is 1.00. The Morgan fingerprint density at radius 1 is 1.29 bits per heavy atom. The molecule has 1 N–H and O–H groups in total. The fourth-order valence-electron chi connectivity index (χ4n) is 3.80. The van der Waals surface area contributed by atoms with E-state index in [0.29, 0.717) is 12.0 Å². The van der Waals surface area contributed by atoms with Crippen LogP contribution in [0.15, 0.2) is 0 Å². The number of hydrogen-bond acceptors (Lipinski definition) is 4. The van der Waals surface area contributed by atoms with Gasteiger partial charge >= 0.3 is 0 Å². The van der Waals surface area contributed by atoms with Crippen LogP contribution in [-0.2, 0) is 9.84 Å². The van der Waals surface area contributed by atoms with E-state index in [-0.39, 0.29) is 10.8 Å². The van der Waals surface area contributed by atoms with E-state index >= 15 is 0 Å². The van der Waals surface area contributed by atoms with E-state index in [2.05, 4.69) is 45.1 Å². The summed E-state index contributed by atoms with van der Waals surface area (Å²) in [6, 6.07) is 0.340. The smallest absolute Gasteiger partial charge is 0.150 e. The van der Waals surface area contributed by atoms with Crippen molar-refractivity contribution >= 4 is 9.84 Å². The van der Waals surface area contributed by atoms with E-state index in [0.717, 1.165) is 38.6 Å². The maximum atomic E-state index is 11.9. The van der Waals surface area contributed by atoms with Gasteiger partial charge in [0.05, 0.1) is 5.25 Å². The molecule has 0 saturated heterocycles. The van der Waals surface area contributed by atoms with Gasteiger partial charge in [0.15, 0.2) is 0 Å². The van der Waals surface area contributed by atoms with Gasteiger partial charge in [0.2, 0.25) is 0 Å². The first-order chi connectivity index (χ1) is 9.66. The normalized spacial score (nSPS) is 28.3. The third-order valence-electron chi connectivity index (χ3n) is 5.58. The highest BCUT2D eigenvalue weighted by Gasteiger charge is 2.42. The van der Waals surface area contributed by atoms with Crippen LogP contribution < -0.4 is 5.32 Å². The first-order valence-electron chi connectivity index (χ1n) is 8.26. The third-order valence-corrected chi connectivity index (χ3v) is 7.21. The summed E-state index contributed by atoms with van der Waals surface area (Å²) in [7, 11) is 1.34. The average Bonchev–Trinajstić information content (AvgIpc) is 2.43. The first-order valence-corrected chi connectivity index (χ1v) is 10.2. The van der Waals surface area contributed by atoms with Gasteiger partial charge in [0.1, 0.15) is 9.84 Å². The predicted molar refractivity (Wildman–Crippen MR) is 90.4 cm³/mol. The lowest BCUT2D eigenvalue weighted by molar-refractivity contribution is 0.0691. The van der Waals surface area contributed by atoms with E-state index in [9.17, 15) is 8.42 Å². The van der Waals surface area contributed by atoms with Gasteiger partial charge in [0.25, 0.3) is 0 Å². The summed E-state index contributed by atoms with van der Waals surface area (Å²) in [5.74, 6) is 0.436. The summed E-state index contributed by atoms with van der Waals surface area (Å²) in [4.78, 5) is 2.30. The summed E-state index contributed by atoms with van der Waals surface area (Å²) in [5, 5.41) is 3.51. The van der Waals surface area contributed by atoms with Crippen molar-refractivity contribution < 1.29 is 8.42 Å². The Bertz CT molecular complexity index is 422. The van der Waals surface area contributed by atoms with Crippen molar-refractivity contribution in [3.05, 3.63) is 0 Å². The van der Waals surface area contributed by atoms with Crippen LogP contribution in [0.2, 0.25) is 0 Å². The summed E-state index contributed by atoms with van der Waals surface area (Å²) < 4.78 is 23.9. The van der Waals surface area contributed by atoms with Crippen LogP contribution in [0.1, 0.15) is 52.9 Å². The lowest BCUT2D eigenvalue weighted by atomic mass is 9.73. The molecule has 0 amide bonds. The standard InChI is InChI=1S/C16H34N2O2S/c1-7-16(3,18(4)5)15(17-8-2)13-10-9-11-14(12-13)21(6,19)20/h13-15,17H,7-12H2,1-6H3. The highest BCUT2D eigenvalue weighted by molar-refractivity contribution is 7.91. The summed E-state index contributed by atoms with van der Waals surface area (Å²) >= 11 is 0. The predicted octanol–water partition coefficient (Wildman–Crippen LogP) is 2.30. The molecule has 5 heteroatoms. The Labute approximate surface area is 131 Å². The minimum Gasteiger partial charge on any atom is -0.312 e. The van der Waals surface area contributed by atoms with E-state index in [4.69, 9.17) is 0 Å². The van der Waals surface area contributed by atoms with Crippen molar-refractivity contribution in [3.8, 4) is 0 Å². The molecule has 0 heterocycles. The van der Waals surface area contributed by atoms with Crippen molar-refractivity contribution in [3.63, 3.8) is 0 Å². The Kier molecular flexibility index (Phi) is 6.69. The molecular formula is C16H34N2O2S. The lowest BCUT2D eigenvalue weighted by Gasteiger charge is -2.48. The van der Waals surface area contributed by atoms with Gasteiger partial charge in [-0.1, -0.05) is 20.3 Å². The molecule has 4 atom stereocenters. The molecule has 4 nitrogen and oxygen atoms in total. The SMILES string of the molecule is CCNC(C1CCCC(S(C)(=O)=O)C1)C(C)(CC)N(C)C.